The number of rotatable bonds is 2. The largest absolute Gasteiger partial charge is 0.505 e. The maximum atomic E-state index is 12.7. The molecule has 3 nitrogen and oxygen atoms in total. The molecule has 5 heteroatoms. The van der Waals surface area contributed by atoms with Crippen molar-refractivity contribution in [3.63, 3.8) is 0 Å². The molecule has 0 spiro atoms. The second-order valence-corrected chi connectivity index (χ2v) is 2.89. The minimum Gasteiger partial charge on any atom is -0.505 e. The fourth-order valence-corrected chi connectivity index (χ4v) is 1.14. The molecule has 1 rings (SSSR count). The lowest BCUT2D eigenvalue weighted by Crippen LogP contribution is -2.00. The first-order valence-corrected chi connectivity index (χ1v) is 3.77. The van der Waals surface area contributed by atoms with Crippen LogP contribution in [0.1, 0.15) is 5.56 Å². The van der Waals surface area contributed by atoms with E-state index in [0.29, 0.717) is 0 Å². The lowest BCUT2D eigenvalue weighted by Gasteiger charge is -2.01. The third-order valence-electron chi connectivity index (χ3n) is 1.42. The standard InChI is InChI=1S/C8H6ClFO3/c9-5-1-4(3-7(12)13)2-6(11)8(5)10/h1-2,11H,3H2,(H,12,13). The predicted octanol–water partition coefficient (Wildman–Crippen LogP) is 1.81. The molecule has 0 aliphatic rings. The number of carboxylic acids is 1. The van der Waals surface area contributed by atoms with Crippen LogP contribution >= 0.6 is 11.6 Å². The smallest absolute Gasteiger partial charge is 0.307 e. The van der Waals surface area contributed by atoms with Gasteiger partial charge >= 0.3 is 5.97 Å². The Labute approximate surface area is 78.4 Å². The van der Waals surface area contributed by atoms with Gasteiger partial charge in [-0.1, -0.05) is 11.6 Å². The second kappa shape index (κ2) is 3.62. The molecule has 13 heavy (non-hydrogen) atoms. The van der Waals surface area contributed by atoms with E-state index in [-0.39, 0.29) is 17.0 Å². The van der Waals surface area contributed by atoms with Gasteiger partial charge in [-0.2, -0.15) is 0 Å². The van der Waals surface area contributed by atoms with Crippen LogP contribution in [0.2, 0.25) is 5.02 Å². The van der Waals surface area contributed by atoms with Crippen molar-refractivity contribution in [1.29, 1.82) is 0 Å². The number of benzene rings is 1. The van der Waals surface area contributed by atoms with Crippen LogP contribution in [-0.4, -0.2) is 16.2 Å². The lowest BCUT2D eigenvalue weighted by molar-refractivity contribution is -0.136. The van der Waals surface area contributed by atoms with Crippen molar-refractivity contribution in [2.45, 2.75) is 6.42 Å². The van der Waals surface area contributed by atoms with E-state index >= 15 is 0 Å². The van der Waals surface area contributed by atoms with Crippen molar-refractivity contribution >= 4 is 17.6 Å². The van der Waals surface area contributed by atoms with Crippen LogP contribution in [0.25, 0.3) is 0 Å². The van der Waals surface area contributed by atoms with Crippen LogP contribution in [0.15, 0.2) is 12.1 Å². The van der Waals surface area contributed by atoms with E-state index in [4.69, 9.17) is 21.8 Å². The molecule has 1 aromatic carbocycles. The third-order valence-corrected chi connectivity index (χ3v) is 1.70. The molecule has 0 heterocycles. The fourth-order valence-electron chi connectivity index (χ4n) is 0.906. The highest BCUT2D eigenvalue weighted by Gasteiger charge is 2.09. The Hall–Kier alpha value is -1.29. The van der Waals surface area contributed by atoms with Crippen LogP contribution in [0.3, 0.4) is 0 Å². The third kappa shape index (κ3) is 2.32. The zero-order chi connectivity index (χ0) is 10.0. The van der Waals surface area contributed by atoms with Gasteiger partial charge in [-0.25, -0.2) is 4.39 Å². The zero-order valence-electron chi connectivity index (χ0n) is 6.42. The molecule has 0 aliphatic heterocycles. The van der Waals surface area contributed by atoms with Gasteiger partial charge in [0.05, 0.1) is 11.4 Å². The fraction of sp³-hybridized carbons (Fsp3) is 0.125. The van der Waals surface area contributed by atoms with E-state index in [1.165, 1.54) is 6.07 Å². The first kappa shape index (κ1) is 9.80. The number of carbonyl (C=O) groups is 1. The maximum absolute atomic E-state index is 12.7. The molecule has 2 N–H and O–H groups in total. The minimum absolute atomic E-state index is 0.261. The minimum atomic E-state index is -1.07. The number of hydrogen-bond donors (Lipinski definition) is 2. The molecule has 0 unspecified atom stereocenters. The Kier molecular flexibility index (Phi) is 2.72. The van der Waals surface area contributed by atoms with Crippen LogP contribution < -0.4 is 0 Å². The second-order valence-electron chi connectivity index (χ2n) is 2.48. The van der Waals surface area contributed by atoms with Gasteiger partial charge < -0.3 is 10.2 Å². The SMILES string of the molecule is O=C(O)Cc1cc(O)c(F)c(Cl)c1. The topological polar surface area (TPSA) is 57.5 Å². The van der Waals surface area contributed by atoms with Crippen molar-refractivity contribution in [3.8, 4) is 5.75 Å². The van der Waals surface area contributed by atoms with Gasteiger partial charge in [0.15, 0.2) is 11.6 Å². The summed E-state index contributed by atoms with van der Waals surface area (Å²) in [6, 6.07) is 2.21. The van der Waals surface area contributed by atoms with Crippen molar-refractivity contribution in [3.05, 3.63) is 28.5 Å². The molecule has 0 amide bonds. The first-order chi connectivity index (χ1) is 6.00. The summed E-state index contributed by atoms with van der Waals surface area (Å²) in [5.41, 5.74) is 0.261. The number of aromatic hydroxyl groups is 1. The van der Waals surface area contributed by atoms with Crippen LogP contribution in [0.4, 0.5) is 4.39 Å². The quantitative estimate of drug-likeness (QED) is 0.773. The van der Waals surface area contributed by atoms with E-state index in [2.05, 4.69) is 0 Å². The highest BCUT2D eigenvalue weighted by molar-refractivity contribution is 6.31. The van der Waals surface area contributed by atoms with Crippen molar-refractivity contribution in [2.24, 2.45) is 0 Å². The first-order valence-electron chi connectivity index (χ1n) is 3.39. The molecule has 0 aliphatic carbocycles. The molecule has 0 bridgehead atoms. The van der Waals surface area contributed by atoms with Crippen LogP contribution in [0, 0.1) is 5.82 Å². The summed E-state index contributed by atoms with van der Waals surface area (Å²) in [4.78, 5) is 10.3. The number of hydrogen-bond acceptors (Lipinski definition) is 2. The van der Waals surface area contributed by atoms with Crippen molar-refractivity contribution in [2.75, 3.05) is 0 Å². The molecule has 1 aromatic rings. The van der Waals surface area contributed by atoms with Gasteiger partial charge in [0, 0.05) is 0 Å². The molecular weight excluding hydrogens is 199 g/mol. The summed E-state index contributed by atoms with van der Waals surface area (Å²) in [5, 5.41) is 17.1. The van der Waals surface area contributed by atoms with Crippen molar-refractivity contribution < 1.29 is 19.4 Å². The summed E-state index contributed by atoms with van der Waals surface area (Å²) >= 11 is 5.37. The average molecular weight is 205 g/mol. The van der Waals surface area contributed by atoms with Gasteiger partial charge in [-0.05, 0) is 17.7 Å². The lowest BCUT2D eigenvalue weighted by atomic mass is 10.1. The van der Waals surface area contributed by atoms with E-state index in [1.807, 2.05) is 0 Å². The Balaban J connectivity index is 3.06. The van der Waals surface area contributed by atoms with Crippen molar-refractivity contribution in [1.82, 2.24) is 0 Å². The molecular formula is C8H6ClFO3. The highest BCUT2D eigenvalue weighted by Crippen LogP contribution is 2.25. The van der Waals surface area contributed by atoms with E-state index in [9.17, 15) is 9.18 Å². The highest BCUT2D eigenvalue weighted by atomic mass is 35.5. The number of halogens is 2. The maximum Gasteiger partial charge on any atom is 0.307 e. The number of aliphatic carboxylic acids is 1. The van der Waals surface area contributed by atoms with Crippen LogP contribution in [-0.2, 0) is 11.2 Å². The zero-order valence-corrected chi connectivity index (χ0v) is 7.18. The van der Waals surface area contributed by atoms with Gasteiger partial charge in [-0.15, -0.1) is 0 Å². The molecule has 0 radical (unpaired) electrons. The van der Waals surface area contributed by atoms with E-state index < -0.39 is 17.5 Å². The number of carboxylic acid groups (broad SMARTS) is 1. The Morgan fingerprint density at radius 2 is 2.15 bits per heavy atom. The molecule has 70 valence electrons. The monoisotopic (exact) mass is 204 g/mol. The predicted molar refractivity (Wildman–Crippen MR) is 44.4 cm³/mol. The average Bonchev–Trinajstić information content (AvgIpc) is 1.98. The Morgan fingerprint density at radius 1 is 1.54 bits per heavy atom. The van der Waals surface area contributed by atoms with E-state index in [0.717, 1.165) is 6.07 Å². The summed E-state index contributed by atoms with van der Waals surface area (Å²) in [6.07, 6.45) is -0.298. The number of phenols is 1. The summed E-state index contributed by atoms with van der Waals surface area (Å²) < 4.78 is 12.7. The summed E-state index contributed by atoms with van der Waals surface area (Å²) in [5.74, 6) is -2.64. The molecule has 0 saturated heterocycles. The Bertz CT molecular complexity index is 328. The van der Waals surface area contributed by atoms with Gasteiger partial charge in [0.2, 0.25) is 0 Å². The molecule has 0 atom stereocenters. The molecule has 0 aromatic heterocycles. The Morgan fingerprint density at radius 3 is 2.62 bits per heavy atom. The normalized spacial score (nSPS) is 10.0. The number of phenolic OH excluding ortho intramolecular Hbond substituents is 1. The van der Waals surface area contributed by atoms with Gasteiger partial charge in [0.25, 0.3) is 0 Å². The molecule has 0 fully saturated rings. The van der Waals surface area contributed by atoms with Crippen LogP contribution in [0.5, 0.6) is 5.75 Å². The summed E-state index contributed by atoms with van der Waals surface area (Å²) in [6.45, 7) is 0. The van der Waals surface area contributed by atoms with Gasteiger partial charge in [-0.3, -0.25) is 4.79 Å². The van der Waals surface area contributed by atoms with Gasteiger partial charge in [0.1, 0.15) is 0 Å². The molecule has 0 saturated carbocycles. The van der Waals surface area contributed by atoms with E-state index in [1.54, 1.807) is 0 Å². The summed E-state index contributed by atoms with van der Waals surface area (Å²) in [7, 11) is 0.